The Morgan fingerprint density at radius 1 is 0.725 bits per heavy atom. The molecule has 0 saturated heterocycles. The van der Waals surface area contributed by atoms with E-state index in [1.807, 2.05) is 48.5 Å². The Balaban J connectivity index is 1.13. The third-order valence-corrected chi connectivity index (χ3v) is 8.80. The molecule has 2 aromatic carbocycles. The van der Waals surface area contributed by atoms with Crippen LogP contribution in [0.15, 0.2) is 48.5 Å². The van der Waals surface area contributed by atoms with Crippen LogP contribution >= 0.6 is 22.7 Å². The minimum Gasteiger partial charge on any atom is -0.497 e. The zero-order valence-corrected chi connectivity index (χ0v) is 23.9. The lowest BCUT2D eigenvalue weighted by atomic mass is 9.82. The fourth-order valence-electron chi connectivity index (χ4n) is 4.72. The molecule has 1 fully saturated rings. The summed E-state index contributed by atoms with van der Waals surface area (Å²) in [6.45, 7) is 0. The number of nitrogens with one attached hydrogen (secondary N) is 2. The molecule has 2 unspecified atom stereocenters. The van der Waals surface area contributed by atoms with Gasteiger partial charge in [0.2, 0.25) is 22.1 Å². The van der Waals surface area contributed by atoms with Gasteiger partial charge in [0.05, 0.1) is 27.1 Å². The number of methoxy groups -OCH3 is 2. The first-order valence-corrected chi connectivity index (χ1v) is 14.6. The molecule has 0 radical (unpaired) electrons. The molecule has 5 rings (SSSR count). The molecule has 1 aliphatic rings. The smallest absolute Gasteiger partial charge is 0.230 e. The summed E-state index contributed by atoms with van der Waals surface area (Å²) in [7, 11) is 3.22. The third-order valence-electron chi connectivity index (χ3n) is 6.79. The highest BCUT2D eigenvalue weighted by Crippen LogP contribution is 2.43. The summed E-state index contributed by atoms with van der Waals surface area (Å²) in [4.78, 5) is 25.0. The second kappa shape index (κ2) is 13.0. The van der Waals surface area contributed by atoms with Crippen molar-refractivity contribution in [2.24, 2.45) is 0 Å². The first-order chi connectivity index (χ1) is 19.5. The second-order valence-electron chi connectivity index (χ2n) is 9.60. The molecule has 2 atom stereocenters. The molecule has 12 heteroatoms. The van der Waals surface area contributed by atoms with E-state index in [0.717, 1.165) is 58.3 Å². The van der Waals surface area contributed by atoms with E-state index >= 15 is 0 Å². The summed E-state index contributed by atoms with van der Waals surface area (Å²) >= 11 is 2.85. The van der Waals surface area contributed by atoms with Crippen molar-refractivity contribution >= 4 is 44.8 Å². The van der Waals surface area contributed by atoms with E-state index in [-0.39, 0.29) is 36.5 Å². The number of benzene rings is 2. The van der Waals surface area contributed by atoms with Gasteiger partial charge in [-0.3, -0.25) is 9.59 Å². The first kappa shape index (κ1) is 27.7. The standard InChI is InChI=1S/C28H30N6O4S2/c1-37-21-10-6-17(7-11-21)14-23(35)29-27-33-31-25(39-27)19-4-3-5-20(16-19)26-32-34-28(40-26)30-24(36)15-18-8-12-22(38-2)13-9-18/h6-13,19-20H,3-5,14-16H2,1-2H3,(H,29,33,35)(H,30,34,36). The Hall–Kier alpha value is -3.90. The van der Waals surface area contributed by atoms with Crippen molar-refractivity contribution in [2.75, 3.05) is 24.9 Å². The quantitative estimate of drug-likeness (QED) is 0.262. The van der Waals surface area contributed by atoms with Crippen LogP contribution in [0.3, 0.4) is 0 Å². The van der Waals surface area contributed by atoms with Gasteiger partial charge >= 0.3 is 0 Å². The number of anilines is 2. The van der Waals surface area contributed by atoms with Crippen LogP contribution in [0.1, 0.15) is 58.7 Å². The Bertz CT molecular complexity index is 1330. The molecule has 0 spiro atoms. The summed E-state index contributed by atoms with van der Waals surface area (Å²) in [6, 6.07) is 14.8. The van der Waals surface area contributed by atoms with E-state index in [0.29, 0.717) is 10.3 Å². The SMILES string of the molecule is COc1ccc(CC(=O)Nc2nnc(C3CCCC(c4nnc(NC(=O)Cc5ccc(OC)cc5)s4)C3)s2)cc1. The molecule has 208 valence electrons. The number of carbonyl (C=O) groups is 2. The molecule has 1 saturated carbocycles. The molecule has 2 amide bonds. The fourth-order valence-corrected chi connectivity index (χ4v) is 6.54. The lowest BCUT2D eigenvalue weighted by Crippen LogP contribution is -2.14. The zero-order valence-electron chi connectivity index (χ0n) is 22.3. The van der Waals surface area contributed by atoms with Gasteiger partial charge in [-0.2, -0.15) is 0 Å². The number of hydrogen-bond acceptors (Lipinski definition) is 10. The number of hydrogen-bond donors (Lipinski definition) is 2. The summed E-state index contributed by atoms with van der Waals surface area (Å²) in [5, 5.41) is 25.8. The van der Waals surface area contributed by atoms with Crippen LogP contribution in [0.25, 0.3) is 0 Å². The van der Waals surface area contributed by atoms with Crippen molar-refractivity contribution in [2.45, 2.75) is 50.4 Å². The first-order valence-electron chi connectivity index (χ1n) is 13.0. The van der Waals surface area contributed by atoms with E-state index < -0.39 is 0 Å². The molecule has 10 nitrogen and oxygen atoms in total. The normalized spacial score (nSPS) is 16.8. The predicted molar refractivity (Wildman–Crippen MR) is 154 cm³/mol. The maximum Gasteiger partial charge on any atom is 0.230 e. The molecule has 2 heterocycles. The maximum absolute atomic E-state index is 12.5. The molecular formula is C28H30N6O4S2. The third kappa shape index (κ3) is 7.19. The van der Waals surface area contributed by atoms with Crippen LogP contribution in [0.5, 0.6) is 11.5 Å². The van der Waals surface area contributed by atoms with Gasteiger partial charge in [-0.1, -0.05) is 53.4 Å². The van der Waals surface area contributed by atoms with Gasteiger partial charge in [0.15, 0.2) is 0 Å². The van der Waals surface area contributed by atoms with E-state index in [4.69, 9.17) is 9.47 Å². The highest BCUT2D eigenvalue weighted by atomic mass is 32.1. The number of ether oxygens (including phenoxy) is 2. The number of carbonyl (C=O) groups excluding carboxylic acids is 2. The Morgan fingerprint density at radius 3 is 1.55 bits per heavy atom. The average molecular weight is 579 g/mol. The van der Waals surface area contributed by atoms with Crippen molar-refractivity contribution in [3.05, 3.63) is 69.7 Å². The fraction of sp³-hybridized carbons (Fsp3) is 0.357. The molecule has 1 aliphatic carbocycles. The maximum atomic E-state index is 12.5. The summed E-state index contributed by atoms with van der Waals surface area (Å²) in [6.07, 6.45) is 4.43. The van der Waals surface area contributed by atoms with Crippen molar-refractivity contribution in [1.82, 2.24) is 20.4 Å². The summed E-state index contributed by atoms with van der Waals surface area (Å²) in [5.74, 6) is 1.71. The minimum absolute atomic E-state index is 0.134. The summed E-state index contributed by atoms with van der Waals surface area (Å²) in [5.41, 5.74) is 1.79. The van der Waals surface area contributed by atoms with Gasteiger partial charge in [-0.15, -0.1) is 20.4 Å². The van der Waals surface area contributed by atoms with Gasteiger partial charge in [-0.05, 0) is 54.7 Å². The highest BCUT2D eigenvalue weighted by molar-refractivity contribution is 7.15. The van der Waals surface area contributed by atoms with Gasteiger partial charge < -0.3 is 20.1 Å². The minimum atomic E-state index is -0.134. The lowest BCUT2D eigenvalue weighted by molar-refractivity contribution is -0.116. The molecule has 0 bridgehead atoms. The predicted octanol–water partition coefficient (Wildman–Crippen LogP) is 5.21. The number of aromatic nitrogens is 4. The van der Waals surface area contributed by atoms with Crippen LogP contribution in [0, 0.1) is 0 Å². The van der Waals surface area contributed by atoms with Crippen LogP contribution in [-0.2, 0) is 22.4 Å². The van der Waals surface area contributed by atoms with E-state index in [9.17, 15) is 9.59 Å². The number of nitrogens with zero attached hydrogens (tertiary/aromatic N) is 4. The Labute approximate surface area is 240 Å². The van der Waals surface area contributed by atoms with E-state index in [1.54, 1.807) is 14.2 Å². The topological polar surface area (TPSA) is 128 Å². The second-order valence-corrected chi connectivity index (χ2v) is 11.6. The molecule has 0 aliphatic heterocycles. The Morgan fingerprint density at radius 2 is 1.15 bits per heavy atom. The molecule has 2 aromatic heterocycles. The molecule has 2 N–H and O–H groups in total. The average Bonchev–Trinajstić information content (AvgIpc) is 3.64. The molecular weight excluding hydrogens is 548 g/mol. The van der Waals surface area contributed by atoms with Gasteiger partial charge in [0, 0.05) is 11.8 Å². The van der Waals surface area contributed by atoms with Crippen molar-refractivity contribution < 1.29 is 19.1 Å². The van der Waals surface area contributed by atoms with Crippen molar-refractivity contribution in [1.29, 1.82) is 0 Å². The number of amides is 2. The largest absolute Gasteiger partial charge is 0.497 e. The van der Waals surface area contributed by atoms with Crippen LogP contribution < -0.4 is 20.1 Å². The summed E-state index contributed by atoms with van der Waals surface area (Å²) < 4.78 is 10.3. The van der Waals surface area contributed by atoms with Gasteiger partial charge in [0.1, 0.15) is 21.5 Å². The van der Waals surface area contributed by atoms with E-state index in [2.05, 4.69) is 31.0 Å². The van der Waals surface area contributed by atoms with E-state index in [1.165, 1.54) is 22.7 Å². The van der Waals surface area contributed by atoms with Crippen molar-refractivity contribution in [3.8, 4) is 11.5 Å². The molecule has 40 heavy (non-hydrogen) atoms. The lowest BCUT2D eigenvalue weighted by Gasteiger charge is -2.25. The monoisotopic (exact) mass is 578 g/mol. The van der Waals surface area contributed by atoms with Crippen LogP contribution in [-0.4, -0.2) is 46.4 Å². The van der Waals surface area contributed by atoms with Crippen LogP contribution in [0.4, 0.5) is 10.3 Å². The van der Waals surface area contributed by atoms with Gasteiger partial charge in [-0.25, -0.2) is 0 Å². The van der Waals surface area contributed by atoms with Gasteiger partial charge in [0.25, 0.3) is 0 Å². The molecule has 4 aromatic rings. The Kier molecular flexibility index (Phi) is 8.97. The highest BCUT2D eigenvalue weighted by Gasteiger charge is 2.29. The zero-order chi connectivity index (χ0) is 27.9. The number of rotatable bonds is 10. The van der Waals surface area contributed by atoms with Crippen molar-refractivity contribution in [3.63, 3.8) is 0 Å². The van der Waals surface area contributed by atoms with Crippen LogP contribution in [0.2, 0.25) is 0 Å².